The van der Waals surface area contributed by atoms with Crippen molar-refractivity contribution >= 4 is 17.3 Å². The molecule has 1 rings (SSSR count). The maximum absolute atomic E-state index is 11.4. The number of carbonyl (C=O) groups excluding carboxylic acids is 1. The van der Waals surface area contributed by atoms with Gasteiger partial charge in [0.25, 0.3) is 0 Å². The lowest BCUT2D eigenvalue weighted by molar-refractivity contribution is 0.0520. The summed E-state index contributed by atoms with van der Waals surface area (Å²) in [5.41, 5.74) is 0.405. The number of nitrogens with zero attached hydrogens (tertiary/aromatic N) is 1. The zero-order chi connectivity index (χ0) is 12.1. The van der Waals surface area contributed by atoms with Gasteiger partial charge in [0.05, 0.1) is 12.6 Å². The van der Waals surface area contributed by atoms with Crippen LogP contribution in [0.3, 0.4) is 0 Å². The van der Waals surface area contributed by atoms with Crippen molar-refractivity contribution in [3.05, 3.63) is 16.1 Å². The molecule has 90 valence electrons. The van der Waals surface area contributed by atoms with E-state index in [2.05, 4.69) is 24.1 Å². The van der Waals surface area contributed by atoms with Crippen LogP contribution in [0.25, 0.3) is 0 Å². The molecule has 0 aliphatic heterocycles. The predicted octanol–water partition coefficient (Wildman–Crippen LogP) is 2.24. The molecule has 0 spiro atoms. The molecule has 0 bridgehead atoms. The van der Waals surface area contributed by atoms with Gasteiger partial charge >= 0.3 is 5.97 Å². The van der Waals surface area contributed by atoms with E-state index in [1.807, 2.05) is 7.05 Å². The van der Waals surface area contributed by atoms with Gasteiger partial charge < -0.3 is 10.1 Å². The van der Waals surface area contributed by atoms with Crippen LogP contribution in [-0.2, 0) is 4.74 Å². The third-order valence-electron chi connectivity index (χ3n) is 2.25. The Kier molecular flexibility index (Phi) is 4.89. The standard InChI is InChI=1S/C11H18N2O2S/c1-5-15-11(14)8-6-16-10(13-8)9(12-4)7(2)3/h6-7,9,12H,5H2,1-4H3/t9-/m0/s1. The Hall–Kier alpha value is -0.940. The highest BCUT2D eigenvalue weighted by Gasteiger charge is 2.19. The third kappa shape index (κ3) is 3.02. The molecule has 5 heteroatoms. The summed E-state index contributed by atoms with van der Waals surface area (Å²) in [4.78, 5) is 15.7. The number of thiazole rings is 1. The molecule has 0 aliphatic carbocycles. The molecular weight excluding hydrogens is 224 g/mol. The van der Waals surface area contributed by atoms with Crippen LogP contribution < -0.4 is 5.32 Å². The molecule has 1 aromatic rings. The first-order valence-electron chi connectivity index (χ1n) is 5.40. The molecule has 1 heterocycles. The smallest absolute Gasteiger partial charge is 0.357 e. The number of rotatable bonds is 5. The number of esters is 1. The lowest BCUT2D eigenvalue weighted by Gasteiger charge is -2.16. The van der Waals surface area contributed by atoms with Crippen molar-refractivity contribution in [2.75, 3.05) is 13.7 Å². The van der Waals surface area contributed by atoms with E-state index in [9.17, 15) is 4.79 Å². The fraction of sp³-hybridized carbons (Fsp3) is 0.636. The molecule has 16 heavy (non-hydrogen) atoms. The van der Waals surface area contributed by atoms with Gasteiger partial charge in [0.1, 0.15) is 5.01 Å². The van der Waals surface area contributed by atoms with Crippen LogP contribution in [0, 0.1) is 5.92 Å². The Labute approximate surface area is 100 Å². The Morgan fingerprint density at radius 2 is 2.31 bits per heavy atom. The molecule has 0 radical (unpaired) electrons. The highest BCUT2D eigenvalue weighted by atomic mass is 32.1. The van der Waals surface area contributed by atoms with E-state index in [-0.39, 0.29) is 12.0 Å². The molecule has 4 nitrogen and oxygen atoms in total. The Balaban J connectivity index is 2.81. The molecule has 0 aliphatic rings. The monoisotopic (exact) mass is 242 g/mol. The lowest BCUT2D eigenvalue weighted by atomic mass is 10.1. The summed E-state index contributed by atoms with van der Waals surface area (Å²) in [5.74, 6) is 0.0924. The second-order valence-corrected chi connectivity index (χ2v) is 4.69. The van der Waals surface area contributed by atoms with Gasteiger partial charge in [-0.15, -0.1) is 11.3 Å². The molecule has 0 saturated heterocycles. The SMILES string of the molecule is CCOC(=O)c1csc([C@@H](NC)C(C)C)n1. The van der Waals surface area contributed by atoms with E-state index in [4.69, 9.17) is 4.74 Å². The Morgan fingerprint density at radius 3 is 2.81 bits per heavy atom. The van der Waals surface area contributed by atoms with Crippen LogP contribution in [-0.4, -0.2) is 24.6 Å². The summed E-state index contributed by atoms with van der Waals surface area (Å²) < 4.78 is 4.90. The molecule has 0 aromatic carbocycles. The van der Waals surface area contributed by atoms with Crippen molar-refractivity contribution < 1.29 is 9.53 Å². The number of carbonyl (C=O) groups is 1. The average Bonchev–Trinajstić information content (AvgIpc) is 2.68. The van der Waals surface area contributed by atoms with Crippen LogP contribution in [0.15, 0.2) is 5.38 Å². The number of aromatic nitrogens is 1. The van der Waals surface area contributed by atoms with Crippen molar-refractivity contribution in [2.45, 2.75) is 26.8 Å². The van der Waals surface area contributed by atoms with Gasteiger partial charge in [0, 0.05) is 5.38 Å². The fourth-order valence-electron chi connectivity index (χ4n) is 1.47. The first-order valence-corrected chi connectivity index (χ1v) is 6.27. The van der Waals surface area contributed by atoms with Gasteiger partial charge in [0.15, 0.2) is 5.69 Å². The van der Waals surface area contributed by atoms with E-state index in [1.165, 1.54) is 11.3 Å². The molecule has 0 fully saturated rings. The van der Waals surface area contributed by atoms with Gasteiger partial charge in [0.2, 0.25) is 0 Å². The van der Waals surface area contributed by atoms with Crippen molar-refractivity contribution in [3.63, 3.8) is 0 Å². The third-order valence-corrected chi connectivity index (χ3v) is 3.18. The molecule has 0 unspecified atom stereocenters. The minimum absolute atomic E-state index is 0.188. The molecule has 1 N–H and O–H groups in total. The molecule has 1 atom stereocenters. The predicted molar refractivity (Wildman–Crippen MR) is 64.7 cm³/mol. The second kappa shape index (κ2) is 5.96. The summed E-state index contributed by atoms with van der Waals surface area (Å²) in [5, 5.41) is 5.88. The van der Waals surface area contributed by atoms with E-state index in [0.29, 0.717) is 18.2 Å². The minimum Gasteiger partial charge on any atom is -0.461 e. The highest BCUT2D eigenvalue weighted by Crippen LogP contribution is 2.24. The van der Waals surface area contributed by atoms with E-state index < -0.39 is 0 Å². The van der Waals surface area contributed by atoms with E-state index in [0.717, 1.165) is 5.01 Å². The molecule has 0 amide bonds. The van der Waals surface area contributed by atoms with Crippen molar-refractivity contribution in [1.82, 2.24) is 10.3 Å². The Morgan fingerprint density at radius 1 is 1.62 bits per heavy atom. The zero-order valence-corrected chi connectivity index (χ0v) is 10.9. The van der Waals surface area contributed by atoms with Crippen LogP contribution in [0.5, 0.6) is 0 Å². The number of hydrogen-bond acceptors (Lipinski definition) is 5. The highest BCUT2D eigenvalue weighted by molar-refractivity contribution is 7.09. The number of ether oxygens (including phenoxy) is 1. The van der Waals surface area contributed by atoms with Crippen molar-refractivity contribution in [2.24, 2.45) is 5.92 Å². The lowest BCUT2D eigenvalue weighted by Crippen LogP contribution is -2.21. The number of nitrogens with one attached hydrogen (secondary N) is 1. The topological polar surface area (TPSA) is 51.2 Å². The summed E-state index contributed by atoms with van der Waals surface area (Å²) in [6, 6.07) is 0.188. The maximum atomic E-state index is 11.4. The van der Waals surface area contributed by atoms with Gasteiger partial charge in [-0.25, -0.2) is 9.78 Å². The molecule has 1 aromatic heterocycles. The first-order chi connectivity index (χ1) is 7.60. The van der Waals surface area contributed by atoms with Crippen molar-refractivity contribution in [3.8, 4) is 0 Å². The summed E-state index contributed by atoms with van der Waals surface area (Å²) in [6.45, 7) is 6.40. The quantitative estimate of drug-likeness (QED) is 0.804. The van der Waals surface area contributed by atoms with Gasteiger partial charge in [-0.2, -0.15) is 0 Å². The summed E-state index contributed by atoms with van der Waals surface area (Å²) >= 11 is 1.49. The van der Waals surface area contributed by atoms with Gasteiger partial charge in [-0.1, -0.05) is 13.8 Å². The Bertz CT molecular complexity index is 350. The zero-order valence-electron chi connectivity index (χ0n) is 10.1. The van der Waals surface area contributed by atoms with Gasteiger partial charge in [-0.05, 0) is 19.9 Å². The largest absolute Gasteiger partial charge is 0.461 e. The fourth-order valence-corrected chi connectivity index (χ4v) is 2.54. The first kappa shape index (κ1) is 13.1. The normalized spacial score (nSPS) is 12.8. The van der Waals surface area contributed by atoms with E-state index >= 15 is 0 Å². The number of hydrogen-bond donors (Lipinski definition) is 1. The molecule has 0 saturated carbocycles. The summed E-state index contributed by atoms with van der Waals surface area (Å²) in [6.07, 6.45) is 0. The van der Waals surface area contributed by atoms with Crippen molar-refractivity contribution in [1.29, 1.82) is 0 Å². The summed E-state index contributed by atoms with van der Waals surface area (Å²) in [7, 11) is 1.90. The molecular formula is C11H18N2O2S. The van der Waals surface area contributed by atoms with E-state index in [1.54, 1.807) is 12.3 Å². The van der Waals surface area contributed by atoms with Crippen LogP contribution >= 0.6 is 11.3 Å². The average molecular weight is 242 g/mol. The van der Waals surface area contributed by atoms with Crippen LogP contribution in [0.2, 0.25) is 0 Å². The minimum atomic E-state index is -0.344. The van der Waals surface area contributed by atoms with Crippen LogP contribution in [0.4, 0.5) is 0 Å². The maximum Gasteiger partial charge on any atom is 0.357 e. The second-order valence-electron chi connectivity index (χ2n) is 3.80. The van der Waals surface area contributed by atoms with Gasteiger partial charge in [-0.3, -0.25) is 0 Å². The van der Waals surface area contributed by atoms with Crippen LogP contribution in [0.1, 0.15) is 42.3 Å².